The summed E-state index contributed by atoms with van der Waals surface area (Å²) in [4.78, 5) is 12.3. The van der Waals surface area contributed by atoms with Crippen molar-refractivity contribution in [3.63, 3.8) is 0 Å². The van der Waals surface area contributed by atoms with Crippen LogP contribution in [0.15, 0.2) is 46.9 Å². The summed E-state index contributed by atoms with van der Waals surface area (Å²) in [5, 5.41) is 3.09. The second-order valence-corrected chi connectivity index (χ2v) is 5.95. The van der Waals surface area contributed by atoms with Crippen molar-refractivity contribution in [2.45, 2.75) is 18.9 Å². The second kappa shape index (κ2) is 5.29. The summed E-state index contributed by atoms with van der Waals surface area (Å²) in [6.45, 7) is 0. The minimum Gasteiger partial charge on any atom is -0.399 e. The van der Waals surface area contributed by atoms with Crippen molar-refractivity contribution in [3.8, 4) is 0 Å². The zero-order chi connectivity index (χ0) is 14.1. The lowest BCUT2D eigenvalue weighted by molar-refractivity contribution is 0.0936. The summed E-state index contributed by atoms with van der Waals surface area (Å²) < 4.78 is 0.814. The number of rotatable bonds is 2. The molecule has 0 bridgehead atoms. The zero-order valence-electron chi connectivity index (χ0n) is 10.9. The molecule has 0 fully saturated rings. The molecule has 0 saturated carbocycles. The highest BCUT2D eigenvalue weighted by Crippen LogP contribution is 2.31. The topological polar surface area (TPSA) is 55.1 Å². The number of carbonyl (C=O) groups excluding carboxylic acids is 1. The van der Waals surface area contributed by atoms with Crippen LogP contribution >= 0.6 is 15.9 Å². The Morgan fingerprint density at radius 1 is 1.25 bits per heavy atom. The molecular formula is C16H15BrN2O. The number of hydrogen-bond donors (Lipinski definition) is 2. The zero-order valence-corrected chi connectivity index (χ0v) is 12.5. The number of halogens is 1. The molecule has 102 valence electrons. The largest absolute Gasteiger partial charge is 0.399 e. The lowest BCUT2D eigenvalue weighted by Crippen LogP contribution is -2.27. The van der Waals surface area contributed by atoms with E-state index in [1.165, 1.54) is 11.1 Å². The first-order valence-corrected chi connectivity index (χ1v) is 7.37. The maximum Gasteiger partial charge on any atom is 0.251 e. The highest BCUT2D eigenvalue weighted by atomic mass is 79.9. The van der Waals surface area contributed by atoms with Crippen LogP contribution in [-0.4, -0.2) is 5.91 Å². The van der Waals surface area contributed by atoms with E-state index < -0.39 is 0 Å². The smallest absolute Gasteiger partial charge is 0.251 e. The number of nitrogens with one attached hydrogen (secondary N) is 1. The van der Waals surface area contributed by atoms with Gasteiger partial charge in [0.15, 0.2) is 0 Å². The van der Waals surface area contributed by atoms with Crippen LogP contribution in [-0.2, 0) is 6.42 Å². The molecule has 3 N–H and O–H groups in total. The van der Waals surface area contributed by atoms with Crippen LogP contribution in [0.25, 0.3) is 0 Å². The van der Waals surface area contributed by atoms with Gasteiger partial charge in [0.05, 0.1) is 6.04 Å². The number of fused-ring (bicyclic) bond motifs is 1. The lowest BCUT2D eigenvalue weighted by Gasteiger charge is -2.14. The Labute approximate surface area is 126 Å². The summed E-state index contributed by atoms with van der Waals surface area (Å²) in [6.07, 6.45) is 1.97. The molecule has 1 aliphatic rings. The molecular weight excluding hydrogens is 316 g/mol. The molecule has 0 heterocycles. The maximum atomic E-state index is 12.3. The van der Waals surface area contributed by atoms with Crippen LogP contribution in [0.2, 0.25) is 0 Å². The number of benzene rings is 2. The molecule has 0 radical (unpaired) electrons. The van der Waals surface area contributed by atoms with Crippen LogP contribution in [0.1, 0.15) is 33.9 Å². The van der Waals surface area contributed by atoms with Crippen LogP contribution in [0.3, 0.4) is 0 Å². The summed E-state index contributed by atoms with van der Waals surface area (Å²) in [6, 6.07) is 13.6. The van der Waals surface area contributed by atoms with Gasteiger partial charge >= 0.3 is 0 Å². The van der Waals surface area contributed by atoms with E-state index in [0.29, 0.717) is 11.3 Å². The first-order valence-electron chi connectivity index (χ1n) is 6.58. The standard InChI is InChI=1S/C16H15BrN2O/c17-12-7-11(8-13(18)9-12)16(20)19-15-6-5-10-3-1-2-4-14(10)15/h1-4,7-9,15H,5-6,18H2,(H,19,20). The van der Waals surface area contributed by atoms with Crippen molar-refractivity contribution >= 4 is 27.5 Å². The Morgan fingerprint density at radius 3 is 2.85 bits per heavy atom. The first kappa shape index (κ1) is 13.2. The molecule has 1 amide bonds. The van der Waals surface area contributed by atoms with Gasteiger partial charge in [-0.05, 0) is 42.2 Å². The Balaban J connectivity index is 1.80. The molecule has 0 aliphatic heterocycles. The van der Waals surface area contributed by atoms with Crippen molar-refractivity contribution in [1.82, 2.24) is 5.32 Å². The number of anilines is 1. The molecule has 0 aromatic heterocycles. The van der Waals surface area contributed by atoms with E-state index in [9.17, 15) is 4.79 Å². The van der Waals surface area contributed by atoms with Crippen LogP contribution in [0.5, 0.6) is 0 Å². The minimum absolute atomic E-state index is 0.0836. The molecule has 2 aromatic rings. The highest BCUT2D eigenvalue weighted by molar-refractivity contribution is 9.10. The van der Waals surface area contributed by atoms with E-state index in [0.717, 1.165) is 17.3 Å². The molecule has 20 heavy (non-hydrogen) atoms. The van der Waals surface area contributed by atoms with Crippen molar-refractivity contribution in [3.05, 3.63) is 63.6 Å². The van der Waals surface area contributed by atoms with E-state index in [-0.39, 0.29) is 11.9 Å². The van der Waals surface area contributed by atoms with Gasteiger partial charge in [-0.1, -0.05) is 40.2 Å². The lowest BCUT2D eigenvalue weighted by atomic mass is 10.1. The van der Waals surface area contributed by atoms with Gasteiger partial charge < -0.3 is 11.1 Å². The molecule has 3 rings (SSSR count). The predicted molar refractivity (Wildman–Crippen MR) is 83.5 cm³/mol. The molecule has 1 atom stereocenters. The number of aryl methyl sites for hydroxylation is 1. The highest BCUT2D eigenvalue weighted by Gasteiger charge is 2.23. The average Bonchev–Trinajstić information content (AvgIpc) is 2.81. The Bertz CT molecular complexity index is 649. The van der Waals surface area contributed by atoms with E-state index in [1.54, 1.807) is 18.2 Å². The molecule has 2 aromatic carbocycles. The molecule has 4 heteroatoms. The number of carbonyl (C=O) groups is 1. The fraction of sp³-hybridized carbons (Fsp3) is 0.188. The molecule has 1 unspecified atom stereocenters. The summed E-state index contributed by atoms with van der Waals surface area (Å²) in [5.41, 5.74) is 9.49. The third-order valence-corrected chi connectivity index (χ3v) is 4.08. The normalized spacial score (nSPS) is 16.8. The van der Waals surface area contributed by atoms with Gasteiger partial charge in [-0.2, -0.15) is 0 Å². The van der Waals surface area contributed by atoms with Gasteiger partial charge in [0.2, 0.25) is 0 Å². The van der Waals surface area contributed by atoms with Gasteiger partial charge in [-0.15, -0.1) is 0 Å². The fourth-order valence-electron chi connectivity index (χ4n) is 2.69. The molecule has 0 spiro atoms. The quantitative estimate of drug-likeness (QED) is 0.828. The van der Waals surface area contributed by atoms with E-state index in [2.05, 4.69) is 33.4 Å². The number of nitrogens with two attached hydrogens (primary N) is 1. The SMILES string of the molecule is Nc1cc(Br)cc(C(=O)NC2CCc3ccccc32)c1. The second-order valence-electron chi connectivity index (χ2n) is 5.04. The predicted octanol–water partition coefficient (Wildman–Crippen LogP) is 3.45. The maximum absolute atomic E-state index is 12.3. The van der Waals surface area contributed by atoms with Crippen LogP contribution < -0.4 is 11.1 Å². The van der Waals surface area contributed by atoms with Gasteiger partial charge in [-0.3, -0.25) is 4.79 Å². The van der Waals surface area contributed by atoms with Gasteiger partial charge in [0.1, 0.15) is 0 Å². The molecule has 3 nitrogen and oxygen atoms in total. The fourth-order valence-corrected chi connectivity index (χ4v) is 3.20. The Kier molecular flexibility index (Phi) is 3.49. The van der Waals surface area contributed by atoms with E-state index >= 15 is 0 Å². The van der Waals surface area contributed by atoms with Crippen molar-refractivity contribution in [2.75, 3.05) is 5.73 Å². The Morgan fingerprint density at radius 2 is 2.05 bits per heavy atom. The number of amides is 1. The van der Waals surface area contributed by atoms with E-state index in [4.69, 9.17) is 5.73 Å². The van der Waals surface area contributed by atoms with E-state index in [1.807, 2.05) is 12.1 Å². The van der Waals surface area contributed by atoms with Gasteiger partial charge in [-0.25, -0.2) is 0 Å². The summed E-state index contributed by atoms with van der Waals surface area (Å²) in [5.74, 6) is -0.0836. The van der Waals surface area contributed by atoms with Crippen molar-refractivity contribution < 1.29 is 4.79 Å². The Hall–Kier alpha value is -1.81. The monoisotopic (exact) mass is 330 g/mol. The van der Waals surface area contributed by atoms with Crippen molar-refractivity contribution in [2.24, 2.45) is 0 Å². The van der Waals surface area contributed by atoms with Gasteiger partial charge in [0.25, 0.3) is 5.91 Å². The van der Waals surface area contributed by atoms with Crippen LogP contribution in [0.4, 0.5) is 5.69 Å². The first-order chi connectivity index (χ1) is 9.63. The van der Waals surface area contributed by atoms with Crippen molar-refractivity contribution in [1.29, 1.82) is 0 Å². The number of hydrogen-bond acceptors (Lipinski definition) is 2. The third-order valence-electron chi connectivity index (χ3n) is 3.62. The number of nitrogen functional groups attached to an aromatic ring is 1. The van der Waals surface area contributed by atoms with Crippen LogP contribution in [0, 0.1) is 0 Å². The summed E-state index contributed by atoms with van der Waals surface area (Å²) in [7, 11) is 0. The average molecular weight is 331 g/mol. The third kappa shape index (κ3) is 2.56. The summed E-state index contributed by atoms with van der Waals surface area (Å²) >= 11 is 3.36. The van der Waals surface area contributed by atoms with Gasteiger partial charge in [0, 0.05) is 15.7 Å². The molecule has 0 saturated heterocycles. The minimum atomic E-state index is -0.0836. The molecule has 1 aliphatic carbocycles.